The van der Waals surface area contributed by atoms with Crippen molar-refractivity contribution < 1.29 is 14.3 Å². The highest BCUT2D eigenvalue weighted by Gasteiger charge is 2.30. The van der Waals surface area contributed by atoms with Gasteiger partial charge in [-0.15, -0.1) is 0 Å². The summed E-state index contributed by atoms with van der Waals surface area (Å²) in [5, 5.41) is 0. The van der Waals surface area contributed by atoms with Crippen LogP contribution in [0.15, 0.2) is 24.3 Å². The summed E-state index contributed by atoms with van der Waals surface area (Å²) >= 11 is 0. The third-order valence-corrected chi connectivity index (χ3v) is 4.21. The number of para-hydroxylation sites is 1. The van der Waals surface area contributed by atoms with Crippen LogP contribution in [-0.4, -0.2) is 55.3 Å². The molecule has 2 aliphatic heterocycles. The summed E-state index contributed by atoms with van der Waals surface area (Å²) in [6, 6.07) is 8.67. The molecule has 0 bridgehead atoms. The van der Waals surface area contributed by atoms with E-state index in [1.807, 2.05) is 19.1 Å². The van der Waals surface area contributed by atoms with Gasteiger partial charge in [-0.05, 0) is 13.0 Å². The third-order valence-electron chi connectivity index (χ3n) is 4.21. The van der Waals surface area contributed by atoms with E-state index in [-0.39, 0.29) is 6.09 Å². The quantitative estimate of drug-likeness (QED) is 0.838. The van der Waals surface area contributed by atoms with Crippen LogP contribution in [0.4, 0.5) is 4.79 Å². The number of piperazine rings is 1. The zero-order valence-corrected chi connectivity index (χ0v) is 12.5. The molecule has 0 aliphatic carbocycles. The Bertz CT molecular complexity index is 498. The third kappa shape index (κ3) is 2.97. The maximum Gasteiger partial charge on any atom is 0.409 e. The number of rotatable bonds is 2. The van der Waals surface area contributed by atoms with Gasteiger partial charge in [0.15, 0.2) is 0 Å². The average molecular weight is 290 g/mol. The normalized spacial score (nSPS) is 22.3. The number of hydrogen-bond donors (Lipinski definition) is 0. The lowest BCUT2D eigenvalue weighted by molar-refractivity contribution is 0.0560. The number of benzene rings is 1. The van der Waals surface area contributed by atoms with Crippen LogP contribution in [0.2, 0.25) is 0 Å². The molecule has 3 rings (SSSR count). The van der Waals surface area contributed by atoms with Crippen LogP contribution in [0.3, 0.4) is 0 Å². The minimum Gasteiger partial charge on any atom is -0.493 e. The summed E-state index contributed by atoms with van der Waals surface area (Å²) in [6.07, 6.45) is 0.820. The lowest BCUT2D eigenvalue weighted by Crippen LogP contribution is -2.50. The highest BCUT2D eigenvalue weighted by Crippen LogP contribution is 2.36. The van der Waals surface area contributed by atoms with Crippen molar-refractivity contribution in [2.45, 2.75) is 19.4 Å². The Kier molecular flexibility index (Phi) is 4.29. The second kappa shape index (κ2) is 6.35. The van der Waals surface area contributed by atoms with E-state index in [0.717, 1.165) is 45.0 Å². The number of hydrogen-bond acceptors (Lipinski definition) is 4. The first-order chi connectivity index (χ1) is 10.3. The van der Waals surface area contributed by atoms with Gasteiger partial charge in [0.1, 0.15) is 5.75 Å². The summed E-state index contributed by atoms with van der Waals surface area (Å²) < 4.78 is 10.8. The summed E-state index contributed by atoms with van der Waals surface area (Å²) in [5.74, 6) is 1.00. The molecular weight excluding hydrogens is 268 g/mol. The molecule has 1 aromatic rings. The Morgan fingerprint density at radius 2 is 2.05 bits per heavy atom. The van der Waals surface area contributed by atoms with E-state index < -0.39 is 0 Å². The van der Waals surface area contributed by atoms with Gasteiger partial charge >= 0.3 is 6.09 Å². The predicted octanol–water partition coefficient (Wildman–Crippen LogP) is 2.28. The van der Waals surface area contributed by atoms with Crippen molar-refractivity contribution in [3.05, 3.63) is 29.8 Å². The topological polar surface area (TPSA) is 42.0 Å². The summed E-state index contributed by atoms with van der Waals surface area (Å²) in [6.45, 7) is 6.28. The van der Waals surface area contributed by atoms with Crippen molar-refractivity contribution in [1.29, 1.82) is 0 Å². The van der Waals surface area contributed by atoms with Crippen molar-refractivity contribution >= 4 is 6.09 Å². The van der Waals surface area contributed by atoms with Gasteiger partial charge in [0.2, 0.25) is 0 Å². The van der Waals surface area contributed by atoms with E-state index in [1.54, 1.807) is 4.90 Å². The maximum absolute atomic E-state index is 11.7. The fourth-order valence-electron chi connectivity index (χ4n) is 3.13. The second-order valence-corrected chi connectivity index (χ2v) is 5.41. The van der Waals surface area contributed by atoms with Gasteiger partial charge in [0.05, 0.1) is 13.2 Å². The summed E-state index contributed by atoms with van der Waals surface area (Å²) in [7, 11) is 0. The van der Waals surface area contributed by atoms with E-state index in [1.165, 1.54) is 5.56 Å². The first-order valence-corrected chi connectivity index (χ1v) is 7.67. The zero-order chi connectivity index (χ0) is 14.7. The molecule has 1 fully saturated rings. The van der Waals surface area contributed by atoms with Crippen LogP contribution in [0, 0.1) is 0 Å². The van der Waals surface area contributed by atoms with Crippen molar-refractivity contribution in [3.8, 4) is 5.75 Å². The molecule has 0 radical (unpaired) electrons. The molecule has 21 heavy (non-hydrogen) atoms. The zero-order valence-electron chi connectivity index (χ0n) is 12.5. The molecule has 114 valence electrons. The van der Waals surface area contributed by atoms with Gasteiger partial charge in [-0.2, -0.15) is 0 Å². The molecule has 0 N–H and O–H groups in total. The van der Waals surface area contributed by atoms with Crippen molar-refractivity contribution in [3.63, 3.8) is 0 Å². The number of amides is 1. The molecule has 1 amide bonds. The predicted molar refractivity (Wildman–Crippen MR) is 79.5 cm³/mol. The van der Waals surface area contributed by atoms with E-state index in [4.69, 9.17) is 9.47 Å². The van der Waals surface area contributed by atoms with E-state index >= 15 is 0 Å². The molecular formula is C16H22N2O3. The standard InChI is InChI=1S/C16H22N2O3/c1-2-20-16(19)18-10-8-17(9-11-18)14-7-12-21-15-6-4-3-5-13(14)15/h3-6,14H,2,7-12H2,1H3. The molecule has 0 aromatic heterocycles. The Morgan fingerprint density at radius 3 is 2.81 bits per heavy atom. The minimum atomic E-state index is -0.190. The molecule has 2 aliphatic rings. The number of ether oxygens (including phenoxy) is 2. The number of fused-ring (bicyclic) bond motifs is 1. The smallest absolute Gasteiger partial charge is 0.409 e. The van der Waals surface area contributed by atoms with Gasteiger partial charge in [-0.25, -0.2) is 4.79 Å². The average Bonchev–Trinajstić information content (AvgIpc) is 2.55. The molecule has 1 unspecified atom stereocenters. The molecule has 1 atom stereocenters. The highest BCUT2D eigenvalue weighted by atomic mass is 16.6. The Morgan fingerprint density at radius 1 is 1.29 bits per heavy atom. The largest absolute Gasteiger partial charge is 0.493 e. The highest BCUT2D eigenvalue weighted by molar-refractivity contribution is 5.67. The van der Waals surface area contributed by atoms with Gasteiger partial charge in [0.25, 0.3) is 0 Å². The number of carbonyl (C=O) groups excluding carboxylic acids is 1. The monoisotopic (exact) mass is 290 g/mol. The van der Waals surface area contributed by atoms with Crippen molar-refractivity contribution in [2.75, 3.05) is 39.4 Å². The first-order valence-electron chi connectivity index (χ1n) is 7.67. The van der Waals surface area contributed by atoms with Crippen LogP contribution in [0.1, 0.15) is 24.9 Å². The van der Waals surface area contributed by atoms with Crippen molar-refractivity contribution in [1.82, 2.24) is 9.80 Å². The molecule has 0 spiro atoms. The van der Waals surface area contributed by atoms with Gasteiger partial charge in [-0.3, -0.25) is 4.90 Å². The van der Waals surface area contributed by atoms with Crippen LogP contribution >= 0.6 is 0 Å². The van der Waals surface area contributed by atoms with Crippen LogP contribution in [-0.2, 0) is 4.74 Å². The van der Waals surface area contributed by atoms with Gasteiger partial charge < -0.3 is 14.4 Å². The molecule has 5 nitrogen and oxygen atoms in total. The van der Waals surface area contributed by atoms with Crippen LogP contribution in [0.25, 0.3) is 0 Å². The van der Waals surface area contributed by atoms with E-state index in [9.17, 15) is 4.79 Å². The summed E-state index contributed by atoms with van der Waals surface area (Å²) in [4.78, 5) is 16.0. The Balaban J connectivity index is 1.64. The van der Waals surface area contributed by atoms with Crippen molar-refractivity contribution in [2.24, 2.45) is 0 Å². The Labute approximate surface area is 125 Å². The maximum atomic E-state index is 11.7. The van der Waals surface area contributed by atoms with E-state index in [2.05, 4.69) is 17.0 Å². The number of carbonyl (C=O) groups is 1. The van der Waals surface area contributed by atoms with Crippen LogP contribution in [0.5, 0.6) is 5.75 Å². The fraction of sp³-hybridized carbons (Fsp3) is 0.562. The van der Waals surface area contributed by atoms with Gasteiger partial charge in [0, 0.05) is 44.2 Å². The SMILES string of the molecule is CCOC(=O)N1CCN(C2CCOc3ccccc32)CC1. The van der Waals surface area contributed by atoms with Gasteiger partial charge in [-0.1, -0.05) is 18.2 Å². The fourth-order valence-corrected chi connectivity index (χ4v) is 3.13. The molecule has 0 saturated carbocycles. The molecule has 1 aromatic carbocycles. The second-order valence-electron chi connectivity index (χ2n) is 5.41. The minimum absolute atomic E-state index is 0.190. The molecule has 2 heterocycles. The first kappa shape index (κ1) is 14.2. The molecule has 5 heteroatoms. The van der Waals surface area contributed by atoms with Crippen LogP contribution < -0.4 is 4.74 Å². The molecule has 1 saturated heterocycles. The number of nitrogens with zero attached hydrogens (tertiary/aromatic N) is 2. The lowest BCUT2D eigenvalue weighted by atomic mass is 9.98. The van der Waals surface area contributed by atoms with E-state index in [0.29, 0.717) is 12.6 Å². The Hall–Kier alpha value is -1.75. The summed E-state index contributed by atoms with van der Waals surface area (Å²) in [5.41, 5.74) is 1.27. The lowest BCUT2D eigenvalue weighted by Gasteiger charge is -2.40.